The van der Waals surface area contributed by atoms with E-state index < -0.39 is 0 Å². The zero-order valence-electron chi connectivity index (χ0n) is 17.2. The monoisotopic (exact) mass is 399 g/mol. The van der Waals surface area contributed by atoms with Gasteiger partial charge in [0.2, 0.25) is 0 Å². The highest BCUT2D eigenvalue weighted by molar-refractivity contribution is 5.74. The molecule has 0 N–H and O–H groups in total. The molecular formula is C28H21N3. The largest absolute Gasteiger partial charge is 0.264 e. The molecule has 0 radical (unpaired) electrons. The summed E-state index contributed by atoms with van der Waals surface area (Å²) in [5.74, 6) is 0. The second kappa shape index (κ2) is 8.33. The van der Waals surface area contributed by atoms with Gasteiger partial charge in [0.15, 0.2) is 0 Å². The van der Waals surface area contributed by atoms with E-state index >= 15 is 0 Å². The van der Waals surface area contributed by atoms with Crippen LogP contribution in [0.4, 0.5) is 0 Å². The molecule has 5 rings (SSSR count). The predicted octanol–water partition coefficient (Wildman–Crippen LogP) is 6.85. The molecule has 31 heavy (non-hydrogen) atoms. The van der Waals surface area contributed by atoms with E-state index in [4.69, 9.17) is 0 Å². The highest BCUT2D eigenvalue weighted by Gasteiger charge is 2.07. The fourth-order valence-electron chi connectivity index (χ4n) is 3.71. The van der Waals surface area contributed by atoms with Gasteiger partial charge >= 0.3 is 0 Å². The summed E-state index contributed by atoms with van der Waals surface area (Å²) in [7, 11) is 0. The van der Waals surface area contributed by atoms with E-state index in [0.717, 1.165) is 39.2 Å². The summed E-state index contributed by atoms with van der Waals surface area (Å²) in [6.45, 7) is 2.06. The minimum Gasteiger partial charge on any atom is -0.264 e. The highest BCUT2D eigenvalue weighted by Crippen LogP contribution is 2.28. The lowest BCUT2D eigenvalue weighted by atomic mass is 10.0. The van der Waals surface area contributed by atoms with Gasteiger partial charge in [0.25, 0.3) is 0 Å². The molecular weight excluding hydrogens is 378 g/mol. The van der Waals surface area contributed by atoms with Gasteiger partial charge < -0.3 is 0 Å². The maximum atomic E-state index is 4.53. The van der Waals surface area contributed by atoms with Crippen molar-refractivity contribution in [2.24, 2.45) is 0 Å². The number of rotatable bonds is 4. The SMILES string of the molecule is Cc1cncc(-c2ccc(-c3cc(-c4cccc(-c5ccccc5)c4)ncn3)cc2)c1. The third-order valence-corrected chi connectivity index (χ3v) is 5.32. The first-order chi connectivity index (χ1) is 15.3. The molecule has 2 aromatic heterocycles. The molecule has 0 amide bonds. The summed E-state index contributed by atoms with van der Waals surface area (Å²) in [5, 5.41) is 0. The molecule has 148 valence electrons. The molecule has 0 fully saturated rings. The van der Waals surface area contributed by atoms with Crippen molar-refractivity contribution in [1.82, 2.24) is 15.0 Å². The molecule has 3 aromatic carbocycles. The van der Waals surface area contributed by atoms with Crippen LogP contribution in [0.15, 0.2) is 110 Å². The van der Waals surface area contributed by atoms with Gasteiger partial charge in [-0.3, -0.25) is 4.98 Å². The normalized spacial score (nSPS) is 10.7. The topological polar surface area (TPSA) is 38.7 Å². The van der Waals surface area contributed by atoms with Gasteiger partial charge in [0, 0.05) is 29.1 Å². The van der Waals surface area contributed by atoms with Crippen LogP contribution in [0.25, 0.3) is 44.8 Å². The van der Waals surface area contributed by atoms with Crippen molar-refractivity contribution in [3.05, 3.63) is 115 Å². The molecule has 3 nitrogen and oxygen atoms in total. The molecule has 0 saturated carbocycles. The summed E-state index contributed by atoms with van der Waals surface area (Å²) >= 11 is 0. The predicted molar refractivity (Wildman–Crippen MR) is 126 cm³/mol. The zero-order valence-corrected chi connectivity index (χ0v) is 17.2. The first kappa shape index (κ1) is 18.9. The Bertz CT molecular complexity index is 1330. The maximum absolute atomic E-state index is 4.53. The number of nitrogens with zero attached hydrogens (tertiary/aromatic N) is 3. The van der Waals surface area contributed by atoms with Crippen molar-refractivity contribution >= 4 is 0 Å². The van der Waals surface area contributed by atoms with Crippen molar-refractivity contribution in [2.75, 3.05) is 0 Å². The maximum Gasteiger partial charge on any atom is 0.116 e. The molecule has 3 heteroatoms. The number of benzene rings is 3. The Morgan fingerprint density at radius 3 is 1.90 bits per heavy atom. The number of hydrogen-bond acceptors (Lipinski definition) is 3. The van der Waals surface area contributed by atoms with Crippen molar-refractivity contribution < 1.29 is 0 Å². The Morgan fingerprint density at radius 2 is 1.13 bits per heavy atom. The van der Waals surface area contributed by atoms with Gasteiger partial charge in [-0.2, -0.15) is 0 Å². The Balaban J connectivity index is 1.46. The fourth-order valence-corrected chi connectivity index (χ4v) is 3.71. The van der Waals surface area contributed by atoms with Crippen LogP contribution in [0.1, 0.15) is 5.56 Å². The lowest BCUT2D eigenvalue weighted by Crippen LogP contribution is -1.90. The van der Waals surface area contributed by atoms with Crippen molar-refractivity contribution in [1.29, 1.82) is 0 Å². The van der Waals surface area contributed by atoms with Crippen molar-refractivity contribution in [3.63, 3.8) is 0 Å². The molecule has 5 aromatic rings. The Morgan fingerprint density at radius 1 is 0.484 bits per heavy atom. The molecule has 0 aliphatic rings. The van der Waals surface area contributed by atoms with Crippen LogP contribution >= 0.6 is 0 Å². The molecule has 0 aliphatic heterocycles. The first-order valence-electron chi connectivity index (χ1n) is 10.3. The quantitative estimate of drug-likeness (QED) is 0.332. The summed E-state index contributed by atoms with van der Waals surface area (Å²) in [6, 6.07) is 31.5. The average Bonchev–Trinajstić information content (AvgIpc) is 2.85. The van der Waals surface area contributed by atoms with Crippen LogP contribution < -0.4 is 0 Å². The lowest BCUT2D eigenvalue weighted by Gasteiger charge is -2.08. The van der Waals surface area contributed by atoms with E-state index in [1.807, 2.05) is 24.5 Å². The van der Waals surface area contributed by atoms with E-state index in [-0.39, 0.29) is 0 Å². The van der Waals surface area contributed by atoms with E-state index in [1.165, 1.54) is 11.1 Å². The van der Waals surface area contributed by atoms with Gasteiger partial charge in [-0.15, -0.1) is 0 Å². The second-order valence-electron chi connectivity index (χ2n) is 7.56. The Labute approximate surface area is 182 Å². The number of pyridine rings is 1. The smallest absolute Gasteiger partial charge is 0.116 e. The van der Waals surface area contributed by atoms with Crippen LogP contribution in [0.3, 0.4) is 0 Å². The molecule has 0 unspecified atom stereocenters. The van der Waals surface area contributed by atoms with Gasteiger partial charge in [0.1, 0.15) is 6.33 Å². The average molecular weight is 399 g/mol. The van der Waals surface area contributed by atoms with E-state index in [1.54, 1.807) is 6.33 Å². The van der Waals surface area contributed by atoms with Crippen LogP contribution in [-0.2, 0) is 0 Å². The second-order valence-corrected chi connectivity index (χ2v) is 7.56. The van der Waals surface area contributed by atoms with Gasteiger partial charge in [-0.05, 0) is 47.4 Å². The van der Waals surface area contributed by atoms with Crippen LogP contribution in [0.2, 0.25) is 0 Å². The molecule has 0 aliphatic carbocycles. The van der Waals surface area contributed by atoms with E-state index in [2.05, 4.69) is 101 Å². The standard InChI is InChI=1S/C28H21N3/c1-20-14-26(18-29-17-20)22-10-12-23(13-11-22)27-16-28(31-19-30-27)25-9-5-8-24(15-25)21-6-3-2-4-7-21/h2-19H,1H3. The zero-order chi connectivity index (χ0) is 21.0. The highest BCUT2D eigenvalue weighted by atomic mass is 14.8. The molecule has 2 heterocycles. The third kappa shape index (κ3) is 4.12. The van der Waals surface area contributed by atoms with Crippen LogP contribution in [0.5, 0.6) is 0 Å². The van der Waals surface area contributed by atoms with Gasteiger partial charge in [-0.1, -0.05) is 72.8 Å². The summed E-state index contributed by atoms with van der Waals surface area (Å²) in [4.78, 5) is 13.3. The lowest BCUT2D eigenvalue weighted by molar-refractivity contribution is 1.18. The number of aromatic nitrogens is 3. The third-order valence-electron chi connectivity index (χ3n) is 5.32. The Kier molecular flexibility index (Phi) is 5.07. The summed E-state index contributed by atoms with van der Waals surface area (Å²) in [6.07, 6.45) is 5.40. The van der Waals surface area contributed by atoms with Crippen LogP contribution in [0, 0.1) is 6.92 Å². The first-order valence-corrected chi connectivity index (χ1v) is 10.3. The van der Waals surface area contributed by atoms with Crippen LogP contribution in [-0.4, -0.2) is 15.0 Å². The summed E-state index contributed by atoms with van der Waals surface area (Å²) < 4.78 is 0. The van der Waals surface area contributed by atoms with E-state index in [9.17, 15) is 0 Å². The fraction of sp³-hybridized carbons (Fsp3) is 0.0357. The van der Waals surface area contributed by atoms with Gasteiger partial charge in [0.05, 0.1) is 11.4 Å². The minimum absolute atomic E-state index is 0.907. The number of hydrogen-bond donors (Lipinski definition) is 0. The molecule has 0 atom stereocenters. The Hall–Kier alpha value is -4.11. The van der Waals surface area contributed by atoms with Crippen molar-refractivity contribution in [2.45, 2.75) is 6.92 Å². The molecule has 0 bridgehead atoms. The minimum atomic E-state index is 0.907. The summed E-state index contributed by atoms with van der Waals surface area (Å²) in [5.41, 5.74) is 9.74. The van der Waals surface area contributed by atoms with Gasteiger partial charge in [-0.25, -0.2) is 9.97 Å². The molecule has 0 spiro atoms. The number of aryl methyl sites for hydroxylation is 1. The molecule has 0 saturated heterocycles. The van der Waals surface area contributed by atoms with E-state index in [0.29, 0.717) is 0 Å². The van der Waals surface area contributed by atoms with Crippen molar-refractivity contribution in [3.8, 4) is 44.8 Å².